The number of aryl methyl sites for hydroxylation is 1. The van der Waals surface area contributed by atoms with Gasteiger partial charge in [-0.2, -0.15) is 5.10 Å². The number of hydrogen-bond donors (Lipinski definition) is 3. The summed E-state index contributed by atoms with van der Waals surface area (Å²) in [5, 5.41) is 9.73. The van der Waals surface area contributed by atoms with Crippen LogP contribution in [0.2, 0.25) is 0 Å². The topological polar surface area (TPSA) is 83.8 Å². The molecule has 4 N–H and O–H groups in total. The molecule has 2 unspecified atom stereocenters. The lowest BCUT2D eigenvalue weighted by molar-refractivity contribution is 0.0943. The van der Waals surface area contributed by atoms with Crippen LogP contribution < -0.4 is 11.1 Å². The van der Waals surface area contributed by atoms with Gasteiger partial charge in [-0.3, -0.25) is 9.89 Å². The fourth-order valence-electron chi connectivity index (χ4n) is 2.66. The quantitative estimate of drug-likeness (QED) is 0.760. The van der Waals surface area contributed by atoms with E-state index < -0.39 is 0 Å². The van der Waals surface area contributed by atoms with E-state index in [9.17, 15) is 4.79 Å². The molecule has 1 fully saturated rings. The van der Waals surface area contributed by atoms with Gasteiger partial charge in [-0.1, -0.05) is 20.3 Å². The molecule has 2 atom stereocenters. The maximum absolute atomic E-state index is 12.0. The van der Waals surface area contributed by atoms with E-state index in [1.165, 1.54) is 19.3 Å². The molecule has 1 heterocycles. The van der Waals surface area contributed by atoms with Crippen LogP contribution in [0.4, 0.5) is 5.69 Å². The predicted molar refractivity (Wildman–Crippen MR) is 71.2 cm³/mol. The minimum absolute atomic E-state index is 0.164. The fourth-order valence-corrected chi connectivity index (χ4v) is 2.66. The molecule has 1 aliphatic rings. The largest absolute Gasteiger partial charge is 0.395 e. The summed E-state index contributed by atoms with van der Waals surface area (Å²) in [6.45, 7) is 4.98. The molecule has 0 saturated heterocycles. The van der Waals surface area contributed by atoms with Crippen molar-refractivity contribution in [2.45, 2.75) is 39.5 Å². The zero-order chi connectivity index (χ0) is 13.1. The van der Waals surface area contributed by atoms with Gasteiger partial charge in [0.05, 0.1) is 11.4 Å². The molecule has 5 nitrogen and oxygen atoms in total. The van der Waals surface area contributed by atoms with Crippen LogP contribution in [0.1, 0.15) is 49.3 Å². The molecular formula is C13H22N4O. The van der Waals surface area contributed by atoms with Gasteiger partial charge in [0, 0.05) is 6.54 Å². The number of aromatic amines is 1. The predicted octanol–water partition coefficient (Wildman–Crippen LogP) is 1.72. The van der Waals surface area contributed by atoms with Crippen LogP contribution in [0.5, 0.6) is 0 Å². The van der Waals surface area contributed by atoms with Crippen molar-refractivity contribution < 1.29 is 4.79 Å². The molecule has 1 aromatic heterocycles. The molecule has 0 radical (unpaired) electrons. The third-order valence-electron chi connectivity index (χ3n) is 3.81. The van der Waals surface area contributed by atoms with Crippen molar-refractivity contribution in [3.63, 3.8) is 0 Å². The lowest BCUT2D eigenvalue weighted by Crippen LogP contribution is -2.29. The van der Waals surface area contributed by atoms with Gasteiger partial charge < -0.3 is 11.1 Å². The zero-order valence-electron chi connectivity index (χ0n) is 11.1. The molecule has 1 aromatic rings. The second-order valence-electron chi connectivity index (χ2n) is 5.31. The SMILES string of the molecule is CCc1[nH]nc(C(=O)NCC2CCC(C)C2)c1N. The number of anilines is 1. The molecule has 0 aromatic carbocycles. The van der Waals surface area contributed by atoms with Crippen molar-refractivity contribution in [2.75, 3.05) is 12.3 Å². The molecule has 0 aliphatic heterocycles. The van der Waals surface area contributed by atoms with E-state index in [-0.39, 0.29) is 5.91 Å². The molecule has 1 aliphatic carbocycles. The zero-order valence-corrected chi connectivity index (χ0v) is 11.1. The summed E-state index contributed by atoms with van der Waals surface area (Å²) in [4.78, 5) is 12.0. The van der Waals surface area contributed by atoms with Crippen molar-refractivity contribution >= 4 is 11.6 Å². The summed E-state index contributed by atoms with van der Waals surface area (Å²) >= 11 is 0. The van der Waals surface area contributed by atoms with E-state index in [2.05, 4.69) is 22.4 Å². The lowest BCUT2D eigenvalue weighted by Gasteiger charge is -2.10. The molecule has 18 heavy (non-hydrogen) atoms. The van der Waals surface area contributed by atoms with Gasteiger partial charge in [0.2, 0.25) is 0 Å². The van der Waals surface area contributed by atoms with Crippen molar-refractivity contribution in [2.24, 2.45) is 11.8 Å². The lowest BCUT2D eigenvalue weighted by atomic mass is 10.1. The highest BCUT2D eigenvalue weighted by molar-refractivity contribution is 5.97. The highest BCUT2D eigenvalue weighted by Crippen LogP contribution is 2.29. The van der Waals surface area contributed by atoms with Crippen molar-refractivity contribution in [1.82, 2.24) is 15.5 Å². The summed E-state index contributed by atoms with van der Waals surface area (Å²) < 4.78 is 0. The van der Waals surface area contributed by atoms with Gasteiger partial charge in [0.15, 0.2) is 5.69 Å². The summed E-state index contributed by atoms with van der Waals surface area (Å²) in [7, 11) is 0. The first-order chi connectivity index (χ1) is 8.61. The van der Waals surface area contributed by atoms with E-state index in [0.717, 1.165) is 24.6 Å². The highest BCUT2D eigenvalue weighted by Gasteiger charge is 2.23. The van der Waals surface area contributed by atoms with Crippen LogP contribution in [-0.4, -0.2) is 22.6 Å². The highest BCUT2D eigenvalue weighted by atomic mass is 16.1. The number of hydrogen-bond acceptors (Lipinski definition) is 3. The van der Waals surface area contributed by atoms with Crippen molar-refractivity contribution in [3.8, 4) is 0 Å². The Balaban J connectivity index is 1.89. The Kier molecular flexibility index (Phi) is 3.89. The van der Waals surface area contributed by atoms with Crippen LogP contribution in [0, 0.1) is 11.8 Å². The first-order valence-corrected chi connectivity index (χ1v) is 6.72. The Bertz CT molecular complexity index is 427. The van der Waals surface area contributed by atoms with Crippen LogP contribution >= 0.6 is 0 Å². The third kappa shape index (κ3) is 2.66. The Morgan fingerprint density at radius 2 is 2.33 bits per heavy atom. The first-order valence-electron chi connectivity index (χ1n) is 6.72. The Morgan fingerprint density at radius 1 is 1.56 bits per heavy atom. The van der Waals surface area contributed by atoms with Crippen LogP contribution in [0.25, 0.3) is 0 Å². The van der Waals surface area contributed by atoms with E-state index in [4.69, 9.17) is 5.73 Å². The third-order valence-corrected chi connectivity index (χ3v) is 3.81. The Morgan fingerprint density at radius 3 is 2.89 bits per heavy atom. The number of carbonyl (C=O) groups is 1. The van der Waals surface area contributed by atoms with Crippen LogP contribution in [0.15, 0.2) is 0 Å². The van der Waals surface area contributed by atoms with Crippen LogP contribution in [-0.2, 0) is 6.42 Å². The number of nitrogens with one attached hydrogen (secondary N) is 2. The maximum atomic E-state index is 12.0. The molecule has 1 amide bonds. The van der Waals surface area contributed by atoms with Gasteiger partial charge in [-0.15, -0.1) is 0 Å². The minimum Gasteiger partial charge on any atom is -0.395 e. The summed E-state index contributed by atoms with van der Waals surface area (Å²) in [5.74, 6) is 1.23. The van der Waals surface area contributed by atoms with Crippen LogP contribution in [0.3, 0.4) is 0 Å². The number of nitrogens with two attached hydrogens (primary N) is 1. The molecule has 1 saturated carbocycles. The number of H-pyrrole nitrogens is 1. The van der Waals surface area contributed by atoms with E-state index in [1.807, 2.05) is 6.92 Å². The molecular weight excluding hydrogens is 228 g/mol. The Hall–Kier alpha value is -1.52. The monoisotopic (exact) mass is 250 g/mol. The van der Waals surface area contributed by atoms with E-state index >= 15 is 0 Å². The smallest absolute Gasteiger partial charge is 0.273 e. The molecule has 0 bridgehead atoms. The molecule has 100 valence electrons. The normalized spacial score (nSPS) is 23.2. The van der Waals surface area contributed by atoms with E-state index in [1.54, 1.807) is 0 Å². The number of nitrogens with zero attached hydrogens (tertiary/aromatic N) is 1. The van der Waals surface area contributed by atoms with Crippen molar-refractivity contribution in [3.05, 3.63) is 11.4 Å². The number of aromatic nitrogens is 2. The second kappa shape index (κ2) is 5.42. The Labute approximate surface area is 108 Å². The van der Waals surface area contributed by atoms with Gasteiger partial charge in [0.1, 0.15) is 0 Å². The number of carbonyl (C=O) groups excluding carboxylic acids is 1. The fraction of sp³-hybridized carbons (Fsp3) is 0.692. The second-order valence-corrected chi connectivity index (χ2v) is 5.31. The van der Waals surface area contributed by atoms with Gasteiger partial charge in [-0.25, -0.2) is 0 Å². The number of nitrogen functional groups attached to an aromatic ring is 1. The summed E-state index contributed by atoms with van der Waals surface area (Å²) in [6, 6.07) is 0. The molecule has 2 rings (SSSR count). The van der Waals surface area contributed by atoms with E-state index in [0.29, 0.717) is 17.3 Å². The minimum atomic E-state index is -0.164. The molecule has 5 heteroatoms. The van der Waals surface area contributed by atoms with Crippen molar-refractivity contribution in [1.29, 1.82) is 0 Å². The average Bonchev–Trinajstić information content (AvgIpc) is 2.92. The van der Waals surface area contributed by atoms with Gasteiger partial charge in [-0.05, 0) is 31.1 Å². The van der Waals surface area contributed by atoms with Gasteiger partial charge in [0.25, 0.3) is 5.91 Å². The van der Waals surface area contributed by atoms with Gasteiger partial charge >= 0.3 is 0 Å². The number of rotatable bonds is 4. The summed E-state index contributed by atoms with van der Waals surface area (Å²) in [6.07, 6.45) is 4.44. The standard InChI is InChI=1S/C13H22N4O/c1-3-10-11(14)12(17-16-10)13(18)15-7-9-5-4-8(2)6-9/h8-9H,3-7,14H2,1-2H3,(H,15,18)(H,16,17). The molecule has 0 spiro atoms. The maximum Gasteiger partial charge on any atom is 0.273 e. The number of amides is 1. The first kappa shape index (κ1) is 12.9. The average molecular weight is 250 g/mol. The summed E-state index contributed by atoms with van der Waals surface area (Å²) in [5.41, 5.74) is 7.51.